The van der Waals surface area contributed by atoms with Gasteiger partial charge in [0.1, 0.15) is 0 Å². The number of carbonyl (C=O) groups excluding carboxylic acids is 2. The molecular weight excluding hydrogens is 462 g/mol. The van der Waals surface area contributed by atoms with Crippen molar-refractivity contribution in [2.45, 2.75) is 10.6 Å². The lowest BCUT2D eigenvalue weighted by molar-refractivity contribution is -0.117. The van der Waals surface area contributed by atoms with E-state index < -0.39 is 0 Å². The first-order valence-electron chi connectivity index (χ1n) is 10.4. The highest BCUT2D eigenvalue weighted by Crippen LogP contribution is 2.28. The summed E-state index contributed by atoms with van der Waals surface area (Å²) in [5.74, 6) is 0.800. The summed E-state index contributed by atoms with van der Waals surface area (Å²) in [6.45, 7) is 2.79. The number of nitrogens with zero attached hydrogens (tertiary/aromatic N) is 2. The van der Waals surface area contributed by atoms with Crippen molar-refractivity contribution in [2.75, 3.05) is 38.0 Å². The highest BCUT2D eigenvalue weighted by atomic mass is 35.5. The minimum Gasteiger partial charge on any atom is -0.336 e. The minimum absolute atomic E-state index is 0.0542. The topological polar surface area (TPSA) is 52.7 Å². The van der Waals surface area contributed by atoms with Crippen molar-refractivity contribution in [1.29, 1.82) is 0 Å². The summed E-state index contributed by atoms with van der Waals surface area (Å²) in [6, 6.07) is 17.1. The second kappa shape index (κ2) is 11.0. The molecule has 0 spiro atoms. The first-order chi connectivity index (χ1) is 15.6. The SMILES string of the molecule is O=C(CN1CCN(C(=O)c2ccccc2SCc2ccsc2)CC1)Nc1ccccc1Cl. The Labute approximate surface area is 201 Å². The van der Waals surface area contributed by atoms with Crippen molar-refractivity contribution in [3.63, 3.8) is 0 Å². The van der Waals surface area contributed by atoms with E-state index in [0.29, 0.717) is 36.9 Å². The van der Waals surface area contributed by atoms with Gasteiger partial charge in [-0.05, 0) is 46.7 Å². The highest BCUT2D eigenvalue weighted by Gasteiger charge is 2.25. The molecule has 5 nitrogen and oxygen atoms in total. The molecule has 0 aliphatic carbocycles. The van der Waals surface area contributed by atoms with Crippen molar-refractivity contribution in [2.24, 2.45) is 0 Å². The van der Waals surface area contributed by atoms with E-state index in [0.717, 1.165) is 16.2 Å². The molecule has 32 heavy (non-hydrogen) atoms. The van der Waals surface area contributed by atoms with Gasteiger partial charge in [0, 0.05) is 36.8 Å². The largest absolute Gasteiger partial charge is 0.336 e. The molecule has 0 saturated carbocycles. The smallest absolute Gasteiger partial charge is 0.255 e. The number of anilines is 1. The van der Waals surface area contributed by atoms with Crippen LogP contribution in [0.4, 0.5) is 5.69 Å². The number of piperazine rings is 1. The molecule has 8 heteroatoms. The summed E-state index contributed by atoms with van der Waals surface area (Å²) < 4.78 is 0. The Hall–Kier alpha value is -2.32. The molecule has 1 fully saturated rings. The van der Waals surface area contributed by atoms with Gasteiger partial charge in [-0.15, -0.1) is 11.8 Å². The van der Waals surface area contributed by atoms with Crippen molar-refractivity contribution in [3.8, 4) is 0 Å². The van der Waals surface area contributed by atoms with Gasteiger partial charge in [-0.3, -0.25) is 14.5 Å². The van der Waals surface area contributed by atoms with E-state index in [-0.39, 0.29) is 18.4 Å². The van der Waals surface area contributed by atoms with Crippen LogP contribution in [0, 0.1) is 0 Å². The predicted octanol–water partition coefficient (Wildman–Crippen LogP) is 5.09. The van der Waals surface area contributed by atoms with Crippen LogP contribution in [0.2, 0.25) is 5.02 Å². The number of nitrogens with one attached hydrogen (secondary N) is 1. The van der Waals surface area contributed by atoms with Crippen molar-refractivity contribution in [3.05, 3.63) is 81.5 Å². The lowest BCUT2D eigenvalue weighted by Crippen LogP contribution is -2.50. The monoisotopic (exact) mass is 485 g/mol. The molecule has 4 rings (SSSR count). The van der Waals surface area contributed by atoms with Crippen molar-refractivity contribution >= 4 is 52.2 Å². The predicted molar refractivity (Wildman–Crippen MR) is 133 cm³/mol. The van der Waals surface area contributed by atoms with Crippen LogP contribution in [0.15, 0.2) is 70.3 Å². The number of rotatable bonds is 7. The Bertz CT molecular complexity index is 1070. The molecule has 1 saturated heterocycles. The number of amides is 2. The Kier molecular flexibility index (Phi) is 7.86. The van der Waals surface area contributed by atoms with Crippen LogP contribution in [-0.4, -0.2) is 54.3 Å². The Morgan fingerprint density at radius 1 is 1.00 bits per heavy atom. The zero-order valence-electron chi connectivity index (χ0n) is 17.5. The molecule has 2 amide bonds. The Morgan fingerprint density at radius 3 is 2.50 bits per heavy atom. The average Bonchev–Trinajstić information content (AvgIpc) is 3.33. The molecule has 1 aliphatic heterocycles. The summed E-state index contributed by atoms with van der Waals surface area (Å²) in [5.41, 5.74) is 2.63. The highest BCUT2D eigenvalue weighted by molar-refractivity contribution is 7.98. The third-order valence-electron chi connectivity index (χ3n) is 5.27. The average molecular weight is 486 g/mol. The van der Waals surface area contributed by atoms with Gasteiger partial charge in [-0.25, -0.2) is 0 Å². The number of hydrogen-bond donors (Lipinski definition) is 1. The van der Waals surface area contributed by atoms with Crippen LogP contribution < -0.4 is 5.32 Å². The molecule has 1 aliphatic rings. The van der Waals surface area contributed by atoms with Crippen molar-refractivity contribution in [1.82, 2.24) is 9.80 Å². The number of thioether (sulfide) groups is 1. The summed E-state index contributed by atoms with van der Waals surface area (Å²) in [7, 11) is 0. The van der Waals surface area contributed by atoms with Gasteiger partial charge >= 0.3 is 0 Å². The van der Waals surface area contributed by atoms with Crippen LogP contribution in [-0.2, 0) is 10.5 Å². The maximum Gasteiger partial charge on any atom is 0.255 e. The van der Waals surface area contributed by atoms with E-state index >= 15 is 0 Å². The van der Waals surface area contributed by atoms with Crippen LogP contribution >= 0.6 is 34.7 Å². The van der Waals surface area contributed by atoms with E-state index in [1.54, 1.807) is 35.2 Å². The molecule has 3 aromatic rings. The van der Waals surface area contributed by atoms with Crippen LogP contribution in [0.3, 0.4) is 0 Å². The second-order valence-corrected chi connectivity index (χ2v) is 9.72. The molecule has 2 heterocycles. The van der Waals surface area contributed by atoms with E-state index in [1.807, 2.05) is 41.3 Å². The standard InChI is InChI=1S/C24H24ClN3O2S2/c25-20-6-2-3-7-21(20)26-23(29)15-27-10-12-28(13-11-27)24(30)19-5-1-4-8-22(19)32-17-18-9-14-31-16-18/h1-9,14,16H,10-13,15,17H2,(H,26,29). The number of para-hydroxylation sites is 1. The third kappa shape index (κ3) is 5.92. The molecule has 0 bridgehead atoms. The fourth-order valence-electron chi connectivity index (χ4n) is 3.54. The zero-order chi connectivity index (χ0) is 22.3. The summed E-state index contributed by atoms with van der Waals surface area (Å²) in [4.78, 5) is 30.5. The lowest BCUT2D eigenvalue weighted by Gasteiger charge is -2.34. The van der Waals surface area contributed by atoms with Gasteiger partial charge in [0.05, 0.1) is 22.8 Å². The molecule has 166 valence electrons. The molecule has 0 atom stereocenters. The van der Waals surface area contributed by atoms with E-state index in [9.17, 15) is 9.59 Å². The van der Waals surface area contributed by atoms with Gasteiger partial charge in [0.25, 0.3) is 5.91 Å². The number of halogens is 1. The van der Waals surface area contributed by atoms with Gasteiger partial charge in [-0.1, -0.05) is 35.9 Å². The minimum atomic E-state index is -0.104. The van der Waals surface area contributed by atoms with E-state index in [1.165, 1.54) is 5.56 Å². The quantitative estimate of drug-likeness (QED) is 0.473. The van der Waals surface area contributed by atoms with Gasteiger partial charge in [-0.2, -0.15) is 11.3 Å². The summed E-state index contributed by atoms with van der Waals surface area (Å²) in [5, 5.41) is 7.58. The van der Waals surface area contributed by atoms with Crippen LogP contribution in [0.25, 0.3) is 0 Å². The van der Waals surface area contributed by atoms with E-state index in [2.05, 4.69) is 27.0 Å². The Morgan fingerprint density at radius 2 is 1.75 bits per heavy atom. The number of hydrogen-bond acceptors (Lipinski definition) is 5. The molecule has 2 aromatic carbocycles. The van der Waals surface area contributed by atoms with Crippen molar-refractivity contribution < 1.29 is 9.59 Å². The fraction of sp³-hybridized carbons (Fsp3) is 0.250. The normalized spacial score (nSPS) is 14.3. The second-order valence-electron chi connectivity index (χ2n) is 7.51. The number of benzene rings is 2. The lowest BCUT2D eigenvalue weighted by atomic mass is 10.2. The van der Waals surface area contributed by atoms with Gasteiger partial charge in [0.2, 0.25) is 5.91 Å². The fourth-order valence-corrected chi connectivity index (χ4v) is 5.48. The van der Waals surface area contributed by atoms with Crippen LogP contribution in [0.5, 0.6) is 0 Å². The van der Waals surface area contributed by atoms with Gasteiger partial charge < -0.3 is 10.2 Å². The number of thiophene rings is 1. The molecule has 0 unspecified atom stereocenters. The molecule has 1 N–H and O–H groups in total. The first kappa shape index (κ1) is 22.9. The van der Waals surface area contributed by atoms with Gasteiger partial charge in [0.15, 0.2) is 0 Å². The molecule has 1 aromatic heterocycles. The van der Waals surface area contributed by atoms with Crippen LogP contribution in [0.1, 0.15) is 15.9 Å². The molecular formula is C24H24ClN3O2S2. The van der Waals surface area contributed by atoms with E-state index in [4.69, 9.17) is 11.6 Å². The third-order valence-corrected chi connectivity index (χ3v) is 7.47. The maximum absolute atomic E-state index is 13.2. The first-order valence-corrected chi connectivity index (χ1v) is 12.7. The summed E-state index contributed by atoms with van der Waals surface area (Å²) in [6.07, 6.45) is 0. The maximum atomic E-state index is 13.2. The zero-order valence-corrected chi connectivity index (χ0v) is 19.9. The summed E-state index contributed by atoms with van der Waals surface area (Å²) >= 11 is 9.49. The number of carbonyl (C=O) groups is 2. The molecule has 0 radical (unpaired) electrons. The Balaban J connectivity index is 1.30.